The van der Waals surface area contributed by atoms with E-state index in [0.717, 1.165) is 17.4 Å². The molecule has 0 heterocycles. The van der Waals surface area contributed by atoms with E-state index in [9.17, 15) is 4.79 Å². The summed E-state index contributed by atoms with van der Waals surface area (Å²) in [7, 11) is 0. The molecule has 0 unspecified atom stereocenters. The first-order valence-electron chi connectivity index (χ1n) is 4.64. The molecule has 0 saturated heterocycles. The Labute approximate surface area is 92.5 Å². The van der Waals surface area contributed by atoms with E-state index in [-0.39, 0.29) is 5.12 Å². The van der Waals surface area contributed by atoms with Crippen molar-refractivity contribution >= 4 is 29.5 Å². The molecule has 0 aromatic carbocycles. The zero-order valence-electron chi connectivity index (χ0n) is 9.33. The molecule has 0 aliphatic rings. The lowest BCUT2D eigenvalue weighted by atomic mass is 10.3. The van der Waals surface area contributed by atoms with Crippen LogP contribution < -0.4 is 0 Å². The van der Waals surface area contributed by atoms with Gasteiger partial charge in [0.15, 0.2) is 5.12 Å². The van der Waals surface area contributed by atoms with E-state index in [4.69, 9.17) is 0 Å². The van der Waals surface area contributed by atoms with Gasteiger partial charge in [-0.2, -0.15) is 12.6 Å². The Hall–Kier alpha value is 0.370. The molecule has 0 rings (SSSR count). The molecule has 0 amide bonds. The van der Waals surface area contributed by atoms with E-state index in [1.807, 2.05) is 0 Å². The van der Waals surface area contributed by atoms with Gasteiger partial charge in [-0.1, -0.05) is 39.5 Å². The van der Waals surface area contributed by atoms with Crippen molar-refractivity contribution in [2.75, 3.05) is 11.5 Å². The van der Waals surface area contributed by atoms with Gasteiger partial charge >= 0.3 is 0 Å². The summed E-state index contributed by atoms with van der Waals surface area (Å²) in [6.07, 6.45) is 0. The van der Waals surface area contributed by atoms with Crippen molar-refractivity contribution in [1.82, 2.24) is 0 Å². The summed E-state index contributed by atoms with van der Waals surface area (Å²) in [5.41, 5.74) is 0. The fourth-order valence-corrected chi connectivity index (χ4v) is 0.852. The number of thiol groups is 1. The van der Waals surface area contributed by atoms with Gasteiger partial charge in [0.05, 0.1) is 0 Å². The third-order valence-electron chi connectivity index (χ3n) is 0.985. The number of carbonyl (C=O) groups is 1. The van der Waals surface area contributed by atoms with Crippen LogP contribution in [0.4, 0.5) is 0 Å². The minimum Gasteiger partial charge on any atom is -0.288 e. The Morgan fingerprint density at radius 2 is 1.62 bits per heavy atom. The monoisotopic (exact) mass is 222 g/mol. The summed E-state index contributed by atoms with van der Waals surface area (Å²) < 4.78 is 0. The predicted octanol–water partition coefficient (Wildman–Crippen LogP) is 3.49. The Morgan fingerprint density at radius 1 is 1.23 bits per heavy atom. The van der Waals surface area contributed by atoms with Gasteiger partial charge in [-0.3, -0.25) is 4.79 Å². The molecule has 3 heteroatoms. The first-order chi connectivity index (χ1) is 5.90. The van der Waals surface area contributed by atoms with Gasteiger partial charge in [0.2, 0.25) is 0 Å². The van der Waals surface area contributed by atoms with Crippen molar-refractivity contribution in [3.05, 3.63) is 0 Å². The Bertz CT molecular complexity index is 122. The highest BCUT2D eigenvalue weighted by Gasteiger charge is 1.95. The van der Waals surface area contributed by atoms with E-state index in [2.05, 4.69) is 40.3 Å². The number of thioether (sulfide) groups is 1. The van der Waals surface area contributed by atoms with Crippen LogP contribution in [0.2, 0.25) is 0 Å². The molecule has 0 N–H and O–H groups in total. The highest BCUT2D eigenvalue weighted by Crippen LogP contribution is 2.06. The molecular weight excluding hydrogens is 200 g/mol. The van der Waals surface area contributed by atoms with Crippen molar-refractivity contribution in [3.8, 4) is 0 Å². The highest BCUT2D eigenvalue weighted by molar-refractivity contribution is 8.13. The van der Waals surface area contributed by atoms with E-state index >= 15 is 0 Å². The molecule has 0 saturated carbocycles. The molecule has 0 atom stereocenters. The summed E-state index contributed by atoms with van der Waals surface area (Å²) in [5, 5.41) is 0.221. The molecule has 13 heavy (non-hydrogen) atoms. The van der Waals surface area contributed by atoms with Crippen LogP contribution in [0, 0.1) is 11.8 Å². The van der Waals surface area contributed by atoms with Gasteiger partial charge in [0, 0.05) is 12.7 Å². The van der Waals surface area contributed by atoms with Gasteiger partial charge in [-0.15, -0.1) is 0 Å². The Balaban J connectivity index is 0. The van der Waals surface area contributed by atoms with E-state index in [1.54, 1.807) is 6.92 Å². The zero-order chi connectivity index (χ0) is 10.9. The molecular formula is C10H22OS2. The van der Waals surface area contributed by atoms with Gasteiger partial charge in [0.25, 0.3) is 0 Å². The highest BCUT2D eigenvalue weighted by atomic mass is 32.2. The van der Waals surface area contributed by atoms with Crippen molar-refractivity contribution in [3.63, 3.8) is 0 Å². The van der Waals surface area contributed by atoms with Crippen LogP contribution >= 0.6 is 24.4 Å². The normalized spacial score (nSPS) is 9.85. The van der Waals surface area contributed by atoms with Crippen LogP contribution in [0.3, 0.4) is 0 Å². The van der Waals surface area contributed by atoms with E-state index in [0.29, 0.717) is 5.92 Å². The number of carbonyl (C=O) groups excluding carboxylic acids is 1. The second-order valence-corrected chi connectivity index (χ2v) is 5.33. The van der Waals surface area contributed by atoms with Crippen LogP contribution in [0.5, 0.6) is 0 Å². The topological polar surface area (TPSA) is 17.1 Å². The van der Waals surface area contributed by atoms with E-state index in [1.165, 1.54) is 11.8 Å². The Morgan fingerprint density at radius 3 is 1.69 bits per heavy atom. The number of hydrogen-bond acceptors (Lipinski definition) is 3. The maximum absolute atomic E-state index is 10.3. The maximum atomic E-state index is 10.3. The van der Waals surface area contributed by atoms with Crippen LogP contribution in [0.15, 0.2) is 0 Å². The number of rotatable bonds is 3. The van der Waals surface area contributed by atoms with E-state index < -0.39 is 0 Å². The molecule has 0 spiro atoms. The molecule has 80 valence electrons. The summed E-state index contributed by atoms with van der Waals surface area (Å²) in [5.74, 6) is 3.33. The van der Waals surface area contributed by atoms with Crippen LogP contribution in [0.25, 0.3) is 0 Å². The summed E-state index contributed by atoms with van der Waals surface area (Å²) >= 11 is 5.42. The zero-order valence-corrected chi connectivity index (χ0v) is 11.0. The first-order valence-corrected chi connectivity index (χ1v) is 6.26. The van der Waals surface area contributed by atoms with Crippen LogP contribution in [0.1, 0.15) is 34.6 Å². The minimum atomic E-state index is 0.221. The maximum Gasteiger partial charge on any atom is 0.185 e. The molecule has 1 nitrogen and oxygen atoms in total. The van der Waals surface area contributed by atoms with Crippen molar-refractivity contribution in [2.45, 2.75) is 34.6 Å². The lowest BCUT2D eigenvalue weighted by Crippen LogP contribution is -1.93. The van der Waals surface area contributed by atoms with Gasteiger partial charge in [0.1, 0.15) is 0 Å². The van der Waals surface area contributed by atoms with Crippen molar-refractivity contribution in [2.24, 2.45) is 11.8 Å². The summed E-state index contributed by atoms with van der Waals surface area (Å²) in [6, 6.07) is 0. The van der Waals surface area contributed by atoms with Crippen LogP contribution in [-0.2, 0) is 4.79 Å². The summed E-state index contributed by atoms with van der Waals surface area (Å²) in [4.78, 5) is 10.3. The molecule has 0 aliphatic carbocycles. The fourth-order valence-electron chi connectivity index (χ4n) is 0.284. The largest absolute Gasteiger partial charge is 0.288 e. The summed E-state index contributed by atoms with van der Waals surface area (Å²) in [6.45, 7) is 10.1. The van der Waals surface area contributed by atoms with Gasteiger partial charge in [-0.25, -0.2) is 0 Å². The lowest BCUT2D eigenvalue weighted by molar-refractivity contribution is -0.109. The standard InChI is InChI=1S/C6H12OS.C4H10S/c1-5(2)4-8-6(3)7;1-4(2)3-5/h5H,4H2,1-3H3;4-5H,3H2,1-2H3. The molecule has 0 aromatic rings. The quantitative estimate of drug-likeness (QED) is 0.736. The third-order valence-corrected chi connectivity index (χ3v) is 2.96. The van der Waals surface area contributed by atoms with Crippen molar-refractivity contribution < 1.29 is 4.79 Å². The Kier molecular flexibility index (Phi) is 12.7. The number of hydrogen-bond donors (Lipinski definition) is 1. The second kappa shape index (κ2) is 10.5. The average Bonchev–Trinajstić information content (AvgIpc) is 2.02. The second-order valence-electron chi connectivity index (χ2n) is 3.77. The molecule has 0 radical (unpaired) electrons. The first kappa shape index (κ1) is 15.8. The average molecular weight is 222 g/mol. The smallest absolute Gasteiger partial charge is 0.185 e. The molecule has 0 fully saturated rings. The van der Waals surface area contributed by atoms with Gasteiger partial charge in [-0.05, 0) is 17.6 Å². The molecule has 0 bridgehead atoms. The molecule has 0 aliphatic heterocycles. The minimum absolute atomic E-state index is 0.221. The fraction of sp³-hybridized carbons (Fsp3) is 0.900. The molecule has 0 aromatic heterocycles. The lowest BCUT2D eigenvalue weighted by Gasteiger charge is -1.98. The predicted molar refractivity (Wildman–Crippen MR) is 66.7 cm³/mol. The van der Waals surface area contributed by atoms with Crippen LogP contribution in [-0.4, -0.2) is 16.6 Å². The van der Waals surface area contributed by atoms with Crippen molar-refractivity contribution in [1.29, 1.82) is 0 Å². The third kappa shape index (κ3) is 24.5. The van der Waals surface area contributed by atoms with Gasteiger partial charge < -0.3 is 0 Å². The SMILES string of the molecule is CC(=O)SCC(C)C.CC(C)CS.